The van der Waals surface area contributed by atoms with Crippen molar-refractivity contribution >= 4 is 39.9 Å². The maximum absolute atomic E-state index is 12.1. The van der Waals surface area contributed by atoms with Crippen molar-refractivity contribution in [1.82, 2.24) is 16.2 Å². The van der Waals surface area contributed by atoms with E-state index in [0.717, 1.165) is 23.6 Å². The molecule has 138 valence electrons. The van der Waals surface area contributed by atoms with E-state index in [2.05, 4.69) is 16.2 Å². The van der Waals surface area contributed by atoms with Gasteiger partial charge in [-0.2, -0.15) is 0 Å². The molecule has 2 amide bonds. The van der Waals surface area contributed by atoms with Crippen molar-refractivity contribution in [1.29, 1.82) is 0 Å². The van der Waals surface area contributed by atoms with Crippen molar-refractivity contribution < 1.29 is 14.3 Å². The molecule has 0 heterocycles. The second kappa shape index (κ2) is 9.72. The van der Waals surface area contributed by atoms with Crippen LogP contribution in [-0.2, 0) is 9.59 Å². The van der Waals surface area contributed by atoms with Crippen LogP contribution in [0.4, 0.5) is 0 Å². The highest BCUT2D eigenvalue weighted by Crippen LogP contribution is 2.21. The molecule has 0 aliphatic carbocycles. The maximum atomic E-state index is 12.1. The lowest BCUT2D eigenvalue weighted by atomic mass is 10.1. The summed E-state index contributed by atoms with van der Waals surface area (Å²) in [5.74, 6) is 0.0178. The summed E-state index contributed by atoms with van der Waals surface area (Å²) in [7, 11) is 0. The Balaban J connectivity index is 1.81. The van der Waals surface area contributed by atoms with E-state index in [9.17, 15) is 9.59 Å². The molecule has 0 unspecified atom stereocenters. The van der Waals surface area contributed by atoms with Gasteiger partial charge in [-0.3, -0.25) is 20.4 Å². The van der Waals surface area contributed by atoms with Crippen LogP contribution < -0.4 is 20.9 Å². The third kappa shape index (κ3) is 6.00. The molecule has 0 spiro atoms. The lowest BCUT2D eigenvalue weighted by Crippen LogP contribution is -2.51. The van der Waals surface area contributed by atoms with Crippen LogP contribution in [0.3, 0.4) is 0 Å². The molecule has 0 radical (unpaired) electrons. The minimum atomic E-state index is -0.734. The summed E-state index contributed by atoms with van der Waals surface area (Å²) in [5, 5.41) is 4.69. The molecule has 0 aliphatic rings. The standard InChI is InChI=1S/C19H23N3O3S/c1-3-4-9-17(23)20-19(26)22-21-18(24)13(2)25-16-11-10-14-7-5-6-8-15(14)12-16/h5-8,10-13H,3-4,9H2,1-2H3,(H,21,24)(H2,20,22,23,26)/t13-/m0/s1. The van der Waals surface area contributed by atoms with Crippen molar-refractivity contribution in [3.05, 3.63) is 42.5 Å². The van der Waals surface area contributed by atoms with Crippen LogP contribution in [0.5, 0.6) is 5.75 Å². The average Bonchev–Trinajstić information content (AvgIpc) is 2.64. The van der Waals surface area contributed by atoms with Crippen LogP contribution in [0.2, 0.25) is 0 Å². The summed E-state index contributed by atoms with van der Waals surface area (Å²) in [6.07, 6.45) is 1.38. The lowest BCUT2D eigenvalue weighted by Gasteiger charge is -2.16. The molecule has 2 aromatic carbocycles. The first-order valence-corrected chi connectivity index (χ1v) is 8.95. The molecule has 0 saturated heterocycles. The van der Waals surface area contributed by atoms with Crippen LogP contribution in [0, 0.1) is 0 Å². The number of hydrogen-bond acceptors (Lipinski definition) is 4. The van der Waals surface area contributed by atoms with E-state index in [1.807, 2.05) is 49.4 Å². The Labute approximate surface area is 158 Å². The molecule has 0 bridgehead atoms. The van der Waals surface area contributed by atoms with E-state index in [4.69, 9.17) is 17.0 Å². The van der Waals surface area contributed by atoms with E-state index in [-0.39, 0.29) is 11.0 Å². The molecule has 0 aromatic heterocycles. The highest BCUT2D eigenvalue weighted by Gasteiger charge is 2.15. The average molecular weight is 373 g/mol. The molecule has 2 rings (SSSR count). The summed E-state index contributed by atoms with van der Waals surface area (Å²) in [6, 6.07) is 13.5. The second-order valence-electron chi connectivity index (χ2n) is 5.86. The smallest absolute Gasteiger partial charge is 0.279 e. The van der Waals surface area contributed by atoms with E-state index in [1.54, 1.807) is 6.92 Å². The molecule has 2 aromatic rings. The van der Waals surface area contributed by atoms with Crippen molar-refractivity contribution in [3.63, 3.8) is 0 Å². The molecule has 1 atom stereocenters. The third-order valence-electron chi connectivity index (χ3n) is 3.71. The second-order valence-corrected chi connectivity index (χ2v) is 6.27. The Morgan fingerprint density at radius 2 is 1.85 bits per heavy atom. The topological polar surface area (TPSA) is 79.5 Å². The Morgan fingerprint density at radius 1 is 1.12 bits per heavy atom. The molecule has 6 nitrogen and oxygen atoms in total. The molecule has 26 heavy (non-hydrogen) atoms. The molecule has 0 saturated carbocycles. The number of hydrogen-bond donors (Lipinski definition) is 3. The normalized spacial score (nSPS) is 11.5. The quantitative estimate of drug-likeness (QED) is 0.536. The van der Waals surface area contributed by atoms with Gasteiger partial charge in [-0.1, -0.05) is 43.7 Å². The highest BCUT2D eigenvalue weighted by molar-refractivity contribution is 7.80. The highest BCUT2D eigenvalue weighted by atomic mass is 32.1. The van der Waals surface area contributed by atoms with Crippen LogP contribution in [0.15, 0.2) is 42.5 Å². The number of amides is 2. The SMILES string of the molecule is CCCCC(=O)NC(=S)NNC(=O)[C@H](C)Oc1ccc2ccccc2c1. The number of carbonyl (C=O) groups is 2. The molecular formula is C19H23N3O3S. The number of nitrogens with one attached hydrogen (secondary N) is 3. The minimum Gasteiger partial charge on any atom is -0.481 e. The van der Waals surface area contributed by atoms with Gasteiger partial charge in [-0.25, -0.2) is 0 Å². The Kier molecular flexibility index (Phi) is 7.35. The monoisotopic (exact) mass is 373 g/mol. The van der Waals surface area contributed by atoms with Crippen LogP contribution in [0.1, 0.15) is 33.1 Å². The summed E-state index contributed by atoms with van der Waals surface area (Å²) in [4.78, 5) is 23.7. The maximum Gasteiger partial charge on any atom is 0.279 e. The number of thiocarbonyl (C=S) groups is 1. The summed E-state index contributed by atoms with van der Waals surface area (Å²) in [5.41, 5.74) is 4.94. The van der Waals surface area contributed by atoms with Crippen LogP contribution in [0.25, 0.3) is 10.8 Å². The first-order chi connectivity index (χ1) is 12.5. The van der Waals surface area contributed by atoms with E-state index >= 15 is 0 Å². The fourth-order valence-electron chi connectivity index (χ4n) is 2.28. The number of ether oxygens (including phenoxy) is 1. The summed E-state index contributed by atoms with van der Waals surface area (Å²) < 4.78 is 5.67. The zero-order valence-electron chi connectivity index (χ0n) is 14.9. The number of fused-ring (bicyclic) bond motifs is 1. The zero-order valence-corrected chi connectivity index (χ0v) is 15.7. The number of hydrazine groups is 1. The van der Waals surface area contributed by atoms with Crippen molar-refractivity contribution in [2.45, 2.75) is 39.2 Å². The van der Waals surface area contributed by atoms with Gasteiger partial charge in [-0.15, -0.1) is 0 Å². The molecule has 3 N–H and O–H groups in total. The van der Waals surface area contributed by atoms with Gasteiger partial charge in [0.2, 0.25) is 5.91 Å². The van der Waals surface area contributed by atoms with Gasteiger partial charge in [-0.05, 0) is 48.5 Å². The first-order valence-electron chi connectivity index (χ1n) is 8.54. The van der Waals surface area contributed by atoms with E-state index in [1.165, 1.54) is 0 Å². The molecule has 0 aliphatic heterocycles. The zero-order chi connectivity index (χ0) is 18.9. The van der Waals surface area contributed by atoms with Gasteiger partial charge in [0, 0.05) is 6.42 Å². The molecule has 0 fully saturated rings. The van der Waals surface area contributed by atoms with Gasteiger partial charge in [0.1, 0.15) is 5.75 Å². The van der Waals surface area contributed by atoms with Crippen molar-refractivity contribution in [2.24, 2.45) is 0 Å². The molecular weight excluding hydrogens is 350 g/mol. The van der Waals surface area contributed by atoms with Gasteiger partial charge in [0.05, 0.1) is 0 Å². The van der Waals surface area contributed by atoms with E-state index < -0.39 is 12.0 Å². The van der Waals surface area contributed by atoms with Gasteiger partial charge in [0.25, 0.3) is 5.91 Å². The number of unbranched alkanes of at least 4 members (excludes halogenated alkanes) is 1. The number of carbonyl (C=O) groups excluding carboxylic acids is 2. The fourth-order valence-corrected chi connectivity index (χ4v) is 2.44. The van der Waals surface area contributed by atoms with Gasteiger partial charge in [0.15, 0.2) is 11.2 Å². The summed E-state index contributed by atoms with van der Waals surface area (Å²) >= 11 is 4.97. The summed E-state index contributed by atoms with van der Waals surface area (Å²) in [6.45, 7) is 3.64. The number of benzene rings is 2. The Bertz CT molecular complexity index is 794. The fraction of sp³-hybridized carbons (Fsp3) is 0.316. The van der Waals surface area contributed by atoms with Crippen LogP contribution >= 0.6 is 12.2 Å². The van der Waals surface area contributed by atoms with E-state index in [0.29, 0.717) is 12.2 Å². The van der Waals surface area contributed by atoms with Crippen molar-refractivity contribution in [2.75, 3.05) is 0 Å². The lowest BCUT2D eigenvalue weighted by molar-refractivity contribution is -0.128. The predicted molar refractivity (Wildman–Crippen MR) is 106 cm³/mol. The number of rotatable bonds is 6. The van der Waals surface area contributed by atoms with Crippen LogP contribution in [-0.4, -0.2) is 23.0 Å². The Hall–Kier alpha value is -2.67. The Morgan fingerprint density at radius 3 is 2.58 bits per heavy atom. The minimum absolute atomic E-state index is 0.0531. The van der Waals surface area contributed by atoms with Crippen molar-refractivity contribution in [3.8, 4) is 5.75 Å². The molecule has 7 heteroatoms. The van der Waals surface area contributed by atoms with Gasteiger partial charge < -0.3 is 10.1 Å². The predicted octanol–water partition coefficient (Wildman–Crippen LogP) is 2.82. The van der Waals surface area contributed by atoms with Gasteiger partial charge >= 0.3 is 0 Å². The largest absolute Gasteiger partial charge is 0.481 e. The third-order valence-corrected chi connectivity index (χ3v) is 3.92. The first kappa shape index (κ1) is 19.7.